The molecule has 3 N–H and O–H groups in total. The minimum atomic E-state index is -1.83. The molecule has 5 fully saturated rings. The standard InChI is InChI=1S/C103H116O23/c104-86(105)57-35-3-1-2-4-36-58-111-102-97(95(116-66-79-51-29-12-30-52-79)90(113-63-76-45-23-9-24-46-76)83(121-102)69-109-60-73-39-17-6-18-40-73)126-103-98(96(117-67-80-53-31-13-32-54-80)91(114-64-77-47-25-10-26-48-77)84(122-103)70-110-61-74-41-19-7-20-42-74)125-101-88(107)94(92-85(120-101)71-118-99(123-92)81-55-33-14-34-56-81)124-100-87(106)93(115-65-78-49-27-11-28-50-78)89(112-62-75-43-21-8-22-44-75)82(119-100)68-108-59-72-37-15-5-16-38-72/h5-34,37-56,82-85,87-103,106-107H,1-4,35-36,57-71H2,(H,104,105)/t82-,83-,84-,85-,87+,88+,89-,90-,91-,92-,93-,94-,95+,96+,97+,98+,99?,100-,101-,102+,103-/m1/s1. The van der Waals surface area contributed by atoms with Gasteiger partial charge in [0.05, 0.1) is 85.9 Å². The molecule has 0 aromatic heterocycles. The third kappa shape index (κ3) is 26.8. The van der Waals surface area contributed by atoms with Crippen molar-refractivity contribution in [3.63, 3.8) is 0 Å². The second-order valence-corrected chi connectivity index (χ2v) is 32.3. The van der Waals surface area contributed by atoms with Gasteiger partial charge in [0.15, 0.2) is 31.5 Å². The van der Waals surface area contributed by atoms with Crippen molar-refractivity contribution in [1.29, 1.82) is 0 Å². The van der Waals surface area contributed by atoms with Gasteiger partial charge < -0.3 is 105 Å². The number of hydrogen-bond acceptors (Lipinski definition) is 22. The molecule has 23 nitrogen and oxygen atoms in total. The third-order valence-electron chi connectivity index (χ3n) is 23.0. The predicted molar refractivity (Wildman–Crippen MR) is 466 cm³/mol. The van der Waals surface area contributed by atoms with E-state index in [1.807, 2.05) is 303 Å². The summed E-state index contributed by atoms with van der Waals surface area (Å²) in [4.78, 5) is 11.5. The van der Waals surface area contributed by atoms with Crippen molar-refractivity contribution in [2.45, 2.75) is 234 Å². The Morgan fingerprint density at radius 1 is 0.286 bits per heavy atom. The van der Waals surface area contributed by atoms with E-state index in [0.29, 0.717) is 18.4 Å². The molecule has 1 unspecified atom stereocenters. The number of aliphatic hydroxyl groups is 2. The molecule has 10 aromatic carbocycles. The summed E-state index contributed by atoms with van der Waals surface area (Å²) >= 11 is 0. The molecule has 0 radical (unpaired) electrons. The van der Waals surface area contributed by atoms with Crippen LogP contribution in [0.2, 0.25) is 0 Å². The van der Waals surface area contributed by atoms with E-state index in [9.17, 15) is 20.1 Å². The van der Waals surface area contributed by atoms with Gasteiger partial charge in [-0.2, -0.15) is 0 Å². The van der Waals surface area contributed by atoms with E-state index in [-0.39, 0.29) is 98.9 Å². The lowest BCUT2D eigenvalue weighted by Gasteiger charge is -2.53. The molecule has 0 saturated carbocycles. The van der Waals surface area contributed by atoms with Gasteiger partial charge in [-0.05, 0) is 62.9 Å². The Morgan fingerprint density at radius 3 is 0.976 bits per heavy atom. The van der Waals surface area contributed by atoms with E-state index >= 15 is 0 Å². The molecular formula is C103H116O23. The quantitative estimate of drug-likeness (QED) is 0.0300. The number of carboxylic acid groups (broad SMARTS) is 1. The van der Waals surface area contributed by atoms with Gasteiger partial charge >= 0.3 is 5.97 Å². The van der Waals surface area contributed by atoms with Crippen molar-refractivity contribution in [2.75, 3.05) is 33.0 Å². The van der Waals surface area contributed by atoms with Crippen LogP contribution in [0.15, 0.2) is 303 Å². The lowest BCUT2D eigenvalue weighted by atomic mass is 9.94. The van der Waals surface area contributed by atoms with Crippen LogP contribution in [0.25, 0.3) is 0 Å². The molecule has 0 bridgehead atoms. The molecule has 21 atom stereocenters. The molecule has 15 rings (SSSR count). The predicted octanol–water partition coefficient (Wildman–Crippen LogP) is 15.9. The lowest BCUT2D eigenvalue weighted by Crippen LogP contribution is -2.69. The molecule has 5 aliphatic rings. The molecule has 0 aliphatic carbocycles. The summed E-state index contributed by atoms with van der Waals surface area (Å²) in [6.45, 7) is 1.13. The van der Waals surface area contributed by atoms with E-state index in [1.54, 1.807) is 0 Å². The number of aliphatic hydroxyl groups excluding tert-OH is 2. The average molecular weight is 1720 g/mol. The van der Waals surface area contributed by atoms with Crippen LogP contribution < -0.4 is 0 Å². The number of carbonyl (C=O) groups is 1. The highest BCUT2D eigenvalue weighted by atomic mass is 16.8. The Hall–Kier alpha value is -9.17. The number of carboxylic acids is 1. The summed E-state index contributed by atoms with van der Waals surface area (Å²) < 4.78 is 136. The maximum atomic E-state index is 14.0. The van der Waals surface area contributed by atoms with Crippen LogP contribution in [0.5, 0.6) is 0 Å². The van der Waals surface area contributed by atoms with Crippen molar-refractivity contribution >= 4 is 5.97 Å². The molecule has 5 aliphatic heterocycles. The first kappa shape index (κ1) is 91.6. The first-order chi connectivity index (χ1) is 62.2. The molecule has 10 aromatic rings. The molecule has 0 amide bonds. The van der Waals surface area contributed by atoms with Gasteiger partial charge in [-0.1, -0.05) is 329 Å². The molecule has 23 heteroatoms. The Balaban J connectivity index is 0.836. The molecule has 126 heavy (non-hydrogen) atoms. The molecule has 666 valence electrons. The summed E-state index contributed by atoms with van der Waals surface area (Å²) in [6.07, 6.45) is -21.7. The summed E-state index contributed by atoms with van der Waals surface area (Å²) in [5.41, 5.74) is 8.58. The number of ether oxygens (including phenoxy) is 19. The largest absolute Gasteiger partial charge is 0.481 e. The van der Waals surface area contributed by atoms with Gasteiger partial charge in [0.2, 0.25) is 0 Å². The van der Waals surface area contributed by atoms with Gasteiger partial charge in [0.1, 0.15) is 97.7 Å². The van der Waals surface area contributed by atoms with Crippen molar-refractivity contribution in [2.24, 2.45) is 0 Å². The number of benzene rings is 10. The minimum absolute atomic E-state index is 0.00531. The Bertz CT molecular complexity index is 4670. The van der Waals surface area contributed by atoms with Crippen LogP contribution in [-0.2, 0) is 154 Å². The van der Waals surface area contributed by atoms with Crippen LogP contribution in [0.1, 0.15) is 107 Å². The van der Waals surface area contributed by atoms with E-state index in [1.165, 1.54) is 0 Å². The SMILES string of the molecule is O=C(O)CCCCCCCCO[C@H]1O[C@H](COCc2ccccc2)[C@@H](OCc2ccccc2)[C@H](OCc2ccccc2)[C@@H]1O[C@H]1O[C@H](COCc2ccccc2)[C@@H](OCc2ccccc2)[C@H](OCc2ccccc2)[C@@H]1O[C@H]1O[C@@H]2COC(c3ccccc3)O[C@H]2[C@H](O[C@H]2O[C@H](COCc3ccccc3)[C@@H](OCc3ccccc3)[C@H](OCc3ccccc3)[C@@H]2O)[C@@H]1O. The van der Waals surface area contributed by atoms with Crippen molar-refractivity contribution in [3.05, 3.63) is 359 Å². The summed E-state index contributed by atoms with van der Waals surface area (Å²) in [5, 5.41) is 36.8. The number of aliphatic carboxylic acids is 1. The maximum absolute atomic E-state index is 14.0. The second kappa shape index (κ2) is 48.8. The van der Waals surface area contributed by atoms with E-state index < -0.39 is 135 Å². The van der Waals surface area contributed by atoms with Crippen LogP contribution in [0.4, 0.5) is 0 Å². The number of hydrogen-bond donors (Lipinski definition) is 3. The smallest absolute Gasteiger partial charge is 0.303 e. The summed E-state index contributed by atoms with van der Waals surface area (Å²) in [5.74, 6) is -0.814. The first-order valence-electron chi connectivity index (χ1n) is 44.0. The summed E-state index contributed by atoms with van der Waals surface area (Å²) in [6, 6.07) is 97.6. The zero-order valence-electron chi connectivity index (χ0n) is 70.8. The molecule has 0 spiro atoms. The van der Waals surface area contributed by atoms with E-state index in [2.05, 4.69) is 0 Å². The zero-order chi connectivity index (χ0) is 86.1. The number of fused-ring (bicyclic) bond motifs is 1. The van der Waals surface area contributed by atoms with Crippen LogP contribution in [0.3, 0.4) is 0 Å². The Kier molecular flexibility index (Phi) is 35.5. The molecule has 5 saturated heterocycles. The highest BCUT2D eigenvalue weighted by Gasteiger charge is 2.60. The van der Waals surface area contributed by atoms with Crippen LogP contribution >= 0.6 is 0 Å². The van der Waals surface area contributed by atoms with Gasteiger partial charge in [0.25, 0.3) is 0 Å². The average Bonchev–Trinajstić information content (AvgIpc) is 0.743. The first-order valence-corrected chi connectivity index (χ1v) is 44.0. The van der Waals surface area contributed by atoms with Gasteiger partial charge in [-0.25, -0.2) is 0 Å². The fourth-order valence-corrected chi connectivity index (χ4v) is 16.4. The third-order valence-corrected chi connectivity index (χ3v) is 23.0. The van der Waals surface area contributed by atoms with Crippen molar-refractivity contribution < 1.29 is 110 Å². The molecule has 5 heterocycles. The van der Waals surface area contributed by atoms with Gasteiger partial charge in [-0.15, -0.1) is 0 Å². The Morgan fingerprint density at radius 2 is 0.579 bits per heavy atom. The lowest BCUT2D eigenvalue weighted by molar-refractivity contribution is -0.421. The Labute approximate surface area is 737 Å². The van der Waals surface area contributed by atoms with E-state index in [0.717, 1.165) is 75.8 Å². The normalized spacial score (nSPS) is 27.3. The number of unbranched alkanes of at least 4 members (excludes halogenated alkanes) is 5. The van der Waals surface area contributed by atoms with Gasteiger partial charge in [0, 0.05) is 18.6 Å². The van der Waals surface area contributed by atoms with E-state index in [4.69, 9.17) is 90.0 Å². The topological polar surface area (TPSA) is 253 Å². The van der Waals surface area contributed by atoms with Crippen LogP contribution in [0, 0.1) is 0 Å². The fourth-order valence-electron chi connectivity index (χ4n) is 16.4. The fraction of sp³-hybridized carbons (Fsp3) is 0.408. The minimum Gasteiger partial charge on any atom is -0.481 e. The highest BCUT2D eigenvalue weighted by molar-refractivity contribution is 5.66. The molecular weight excluding hydrogens is 1610 g/mol. The van der Waals surface area contributed by atoms with Crippen molar-refractivity contribution in [3.8, 4) is 0 Å². The second-order valence-electron chi connectivity index (χ2n) is 32.3. The zero-order valence-corrected chi connectivity index (χ0v) is 70.8. The maximum Gasteiger partial charge on any atom is 0.303 e. The van der Waals surface area contributed by atoms with Crippen molar-refractivity contribution in [1.82, 2.24) is 0 Å². The van der Waals surface area contributed by atoms with Crippen LogP contribution in [-0.4, -0.2) is 177 Å². The summed E-state index contributed by atoms with van der Waals surface area (Å²) in [7, 11) is 0. The monoisotopic (exact) mass is 1720 g/mol. The van der Waals surface area contributed by atoms with Gasteiger partial charge in [-0.3, -0.25) is 4.79 Å². The number of rotatable bonds is 47. The highest BCUT2D eigenvalue weighted by Crippen LogP contribution is 2.43.